The Bertz CT molecular complexity index is 341. The van der Waals surface area contributed by atoms with Crippen LogP contribution in [0.1, 0.15) is 24.2 Å². The fourth-order valence-electron chi connectivity index (χ4n) is 1.26. The second-order valence-electron chi connectivity index (χ2n) is 3.41. The molecule has 78 valence electrons. The van der Waals surface area contributed by atoms with E-state index >= 15 is 0 Å². The molecule has 14 heavy (non-hydrogen) atoms. The van der Waals surface area contributed by atoms with Gasteiger partial charge in [0.15, 0.2) is 0 Å². The first-order valence-electron chi connectivity index (χ1n) is 4.32. The maximum Gasteiger partial charge on any atom is 0.124 e. The van der Waals surface area contributed by atoms with Crippen LogP contribution in [0.2, 0.25) is 0 Å². The lowest BCUT2D eigenvalue weighted by Crippen LogP contribution is -2.25. The summed E-state index contributed by atoms with van der Waals surface area (Å²) in [7, 11) is 0. The van der Waals surface area contributed by atoms with Crippen LogP contribution >= 0.6 is 15.9 Å². The monoisotopic (exact) mass is 261 g/mol. The lowest BCUT2D eigenvalue weighted by molar-refractivity contribution is 0.152. The van der Waals surface area contributed by atoms with Gasteiger partial charge >= 0.3 is 0 Å². The molecule has 0 aliphatic heterocycles. The Labute approximate surface area is 91.1 Å². The summed E-state index contributed by atoms with van der Waals surface area (Å²) in [4.78, 5) is 0. The topological polar surface area (TPSA) is 46.2 Å². The Morgan fingerprint density at radius 1 is 1.50 bits per heavy atom. The zero-order valence-electron chi connectivity index (χ0n) is 8.09. The molecule has 1 aromatic carbocycles. The first-order valence-corrected chi connectivity index (χ1v) is 5.12. The SMILES string of the molecule is Cc1c(Br)cc(F)cc1C(O)C(C)N. The Morgan fingerprint density at radius 2 is 2.07 bits per heavy atom. The summed E-state index contributed by atoms with van der Waals surface area (Å²) in [5, 5.41) is 9.72. The predicted molar refractivity (Wildman–Crippen MR) is 57.4 cm³/mol. The minimum absolute atomic E-state index is 0.378. The largest absolute Gasteiger partial charge is 0.387 e. The van der Waals surface area contributed by atoms with Gasteiger partial charge in [-0.25, -0.2) is 4.39 Å². The molecular formula is C10H13BrFNO. The fourth-order valence-corrected chi connectivity index (χ4v) is 1.70. The van der Waals surface area contributed by atoms with E-state index in [1.165, 1.54) is 12.1 Å². The summed E-state index contributed by atoms with van der Waals surface area (Å²) >= 11 is 3.22. The van der Waals surface area contributed by atoms with Gasteiger partial charge in [-0.1, -0.05) is 15.9 Å². The molecular weight excluding hydrogens is 249 g/mol. The molecule has 0 saturated carbocycles. The van der Waals surface area contributed by atoms with Crippen molar-refractivity contribution >= 4 is 15.9 Å². The van der Waals surface area contributed by atoms with E-state index in [-0.39, 0.29) is 5.82 Å². The Balaban J connectivity index is 3.20. The lowest BCUT2D eigenvalue weighted by atomic mass is 9.99. The van der Waals surface area contributed by atoms with Crippen LogP contribution < -0.4 is 5.73 Å². The van der Waals surface area contributed by atoms with E-state index in [0.717, 1.165) is 5.56 Å². The van der Waals surface area contributed by atoms with Gasteiger partial charge in [-0.15, -0.1) is 0 Å². The average molecular weight is 262 g/mol. The standard InChI is InChI=1S/C10H13BrFNO/c1-5-8(10(14)6(2)13)3-7(12)4-9(5)11/h3-4,6,10,14H,13H2,1-2H3. The molecule has 0 radical (unpaired) electrons. The van der Waals surface area contributed by atoms with Gasteiger partial charge in [0.25, 0.3) is 0 Å². The highest BCUT2D eigenvalue weighted by Crippen LogP contribution is 2.27. The van der Waals surface area contributed by atoms with E-state index in [1.54, 1.807) is 6.92 Å². The molecule has 4 heteroatoms. The first kappa shape index (κ1) is 11.6. The van der Waals surface area contributed by atoms with Gasteiger partial charge in [-0.2, -0.15) is 0 Å². The minimum Gasteiger partial charge on any atom is -0.387 e. The van der Waals surface area contributed by atoms with E-state index < -0.39 is 12.1 Å². The highest BCUT2D eigenvalue weighted by atomic mass is 79.9. The molecule has 2 nitrogen and oxygen atoms in total. The summed E-state index contributed by atoms with van der Waals surface area (Å²) in [5.74, 6) is -0.378. The van der Waals surface area contributed by atoms with Crippen LogP contribution in [0.5, 0.6) is 0 Å². The molecule has 0 fully saturated rings. The number of aliphatic hydroxyl groups excluding tert-OH is 1. The van der Waals surface area contributed by atoms with Crippen molar-refractivity contribution in [2.75, 3.05) is 0 Å². The maximum absolute atomic E-state index is 13.0. The molecule has 0 heterocycles. The van der Waals surface area contributed by atoms with Gasteiger partial charge in [0.1, 0.15) is 5.82 Å². The van der Waals surface area contributed by atoms with E-state index in [9.17, 15) is 9.50 Å². The molecule has 0 amide bonds. The third-order valence-corrected chi connectivity index (χ3v) is 2.99. The second-order valence-corrected chi connectivity index (χ2v) is 4.26. The molecule has 0 bridgehead atoms. The van der Waals surface area contributed by atoms with E-state index in [4.69, 9.17) is 5.73 Å². The van der Waals surface area contributed by atoms with Gasteiger partial charge in [0, 0.05) is 10.5 Å². The van der Waals surface area contributed by atoms with Crippen LogP contribution in [0.3, 0.4) is 0 Å². The van der Waals surface area contributed by atoms with Crippen LogP contribution in [0, 0.1) is 12.7 Å². The molecule has 1 aromatic rings. The first-order chi connectivity index (χ1) is 6.43. The zero-order chi connectivity index (χ0) is 10.9. The molecule has 0 spiro atoms. The number of hydrogen-bond donors (Lipinski definition) is 2. The molecule has 3 N–H and O–H groups in total. The summed E-state index contributed by atoms with van der Waals surface area (Å²) in [6, 6.07) is 2.27. The van der Waals surface area contributed by atoms with Crippen molar-refractivity contribution in [1.82, 2.24) is 0 Å². The highest BCUT2D eigenvalue weighted by molar-refractivity contribution is 9.10. The number of benzene rings is 1. The van der Waals surface area contributed by atoms with Gasteiger partial charge in [-0.3, -0.25) is 0 Å². The summed E-state index contributed by atoms with van der Waals surface area (Å²) < 4.78 is 13.7. The van der Waals surface area contributed by atoms with Crippen molar-refractivity contribution in [3.63, 3.8) is 0 Å². The van der Waals surface area contributed by atoms with E-state index in [2.05, 4.69) is 15.9 Å². The van der Waals surface area contributed by atoms with Gasteiger partial charge in [0.2, 0.25) is 0 Å². The number of aliphatic hydroxyl groups is 1. The van der Waals surface area contributed by atoms with Crippen molar-refractivity contribution in [3.05, 3.63) is 33.5 Å². The van der Waals surface area contributed by atoms with Crippen LogP contribution in [0.15, 0.2) is 16.6 Å². The van der Waals surface area contributed by atoms with Crippen LogP contribution in [0.25, 0.3) is 0 Å². The van der Waals surface area contributed by atoms with Crippen molar-refractivity contribution < 1.29 is 9.50 Å². The van der Waals surface area contributed by atoms with Crippen LogP contribution in [-0.4, -0.2) is 11.1 Å². The number of halogens is 2. The molecule has 0 aromatic heterocycles. The molecule has 0 saturated heterocycles. The third-order valence-electron chi connectivity index (χ3n) is 2.17. The Hall–Kier alpha value is -0.450. The lowest BCUT2D eigenvalue weighted by Gasteiger charge is -2.18. The molecule has 2 atom stereocenters. The van der Waals surface area contributed by atoms with Gasteiger partial charge in [0.05, 0.1) is 6.10 Å². The highest BCUT2D eigenvalue weighted by Gasteiger charge is 2.17. The van der Waals surface area contributed by atoms with Crippen LogP contribution in [-0.2, 0) is 0 Å². The summed E-state index contributed by atoms with van der Waals surface area (Å²) in [6.45, 7) is 3.49. The van der Waals surface area contributed by atoms with Crippen molar-refractivity contribution in [2.45, 2.75) is 26.0 Å². The smallest absolute Gasteiger partial charge is 0.124 e. The molecule has 1 rings (SSSR count). The predicted octanol–water partition coefficient (Wildman–Crippen LogP) is 2.28. The Morgan fingerprint density at radius 3 is 2.57 bits per heavy atom. The van der Waals surface area contributed by atoms with Crippen molar-refractivity contribution in [2.24, 2.45) is 5.73 Å². The van der Waals surface area contributed by atoms with Crippen molar-refractivity contribution in [1.29, 1.82) is 0 Å². The summed E-state index contributed by atoms with van der Waals surface area (Å²) in [6.07, 6.45) is -0.831. The van der Waals surface area contributed by atoms with Crippen LogP contribution in [0.4, 0.5) is 4.39 Å². The third kappa shape index (κ3) is 2.32. The number of rotatable bonds is 2. The second kappa shape index (κ2) is 4.38. The number of hydrogen-bond acceptors (Lipinski definition) is 2. The zero-order valence-corrected chi connectivity index (χ0v) is 9.68. The summed E-state index contributed by atoms with van der Waals surface area (Å²) in [5.41, 5.74) is 6.90. The van der Waals surface area contributed by atoms with Gasteiger partial charge < -0.3 is 10.8 Å². The molecule has 0 aliphatic carbocycles. The Kier molecular flexibility index (Phi) is 3.64. The normalized spacial score (nSPS) is 15.3. The fraction of sp³-hybridized carbons (Fsp3) is 0.400. The molecule has 2 unspecified atom stereocenters. The van der Waals surface area contributed by atoms with E-state index in [1.807, 2.05) is 6.92 Å². The van der Waals surface area contributed by atoms with Crippen molar-refractivity contribution in [3.8, 4) is 0 Å². The number of nitrogens with two attached hydrogens (primary N) is 1. The van der Waals surface area contributed by atoms with E-state index in [0.29, 0.717) is 10.0 Å². The maximum atomic E-state index is 13.0. The quantitative estimate of drug-likeness (QED) is 0.858. The van der Waals surface area contributed by atoms with Gasteiger partial charge in [-0.05, 0) is 37.1 Å². The molecule has 0 aliphatic rings. The average Bonchev–Trinajstić information content (AvgIpc) is 2.09. The minimum atomic E-state index is -0.831.